The van der Waals surface area contributed by atoms with Crippen LogP contribution in [0.5, 0.6) is 0 Å². The third-order valence-corrected chi connectivity index (χ3v) is 2.93. The Balaban J connectivity index is 1.75. The number of aryl methyl sites for hydroxylation is 1. The minimum atomic E-state index is 0.0465. The zero-order valence-electron chi connectivity index (χ0n) is 12.2. The van der Waals surface area contributed by atoms with Crippen LogP contribution in [-0.2, 0) is 18.6 Å². The largest absolute Gasteiger partial charge is 0.311 e. The van der Waals surface area contributed by atoms with E-state index in [4.69, 9.17) is 0 Å². The molecule has 2 aromatic heterocycles. The van der Waals surface area contributed by atoms with Gasteiger partial charge >= 0.3 is 0 Å². The monoisotopic (exact) mass is 261 g/mol. The number of rotatable bonds is 5. The van der Waals surface area contributed by atoms with Crippen LogP contribution < -0.4 is 5.32 Å². The molecule has 0 aliphatic carbocycles. The van der Waals surface area contributed by atoms with Gasteiger partial charge in [0.25, 0.3) is 0 Å². The molecule has 0 unspecified atom stereocenters. The van der Waals surface area contributed by atoms with Crippen molar-refractivity contribution in [2.45, 2.75) is 46.3 Å². The number of hydrogen-bond acceptors (Lipinski definition) is 3. The highest BCUT2D eigenvalue weighted by atomic mass is 15.3. The summed E-state index contributed by atoms with van der Waals surface area (Å²) in [7, 11) is 0. The average molecular weight is 261 g/mol. The van der Waals surface area contributed by atoms with Gasteiger partial charge in [0.2, 0.25) is 0 Å². The van der Waals surface area contributed by atoms with Crippen LogP contribution in [0.3, 0.4) is 0 Å². The maximum atomic E-state index is 4.39. The van der Waals surface area contributed by atoms with Gasteiger partial charge in [0.05, 0.1) is 24.5 Å². The Bertz CT molecular complexity index is 518. The molecule has 0 fully saturated rings. The van der Waals surface area contributed by atoms with Crippen LogP contribution in [0.25, 0.3) is 0 Å². The minimum absolute atomic E-state index is 0.0465. The van der Waals surface area contributed by atoms with Crippen molar-refractivity contribution >= 4 is 0 Å². The van der Waals surface area contributed by atoms with E-state index in [-0.39, 0.29) is 5.54 Å². The standard InChI is InChI=1S/C14H23N5/c1-12-7-16-18(10-12)6-5-15-8-13-9-17-19(11-13)14(2,3)4/h7,9-11,15H,5-6,8H2,1-4H3. The molecule has 5 heteroatoms. The maximum Gasteiger partial charge on any atom is 0.0543 e. The summed E-state index contributed by atoms with van der Waals surface area (Å²) in [4.78, 5) is 0. The third kappa shape index (κ3) is 3.92. The fraction of sp³-hybridized carbons (Fsp3) is 0.571. The molecule has 104 valence electrons. The molecular formula is C14H23N5. The van der Waals surface area contributed by atoms with E-state index in [1.54, 1.807) is 0 Å². The van der Waals surface area contributed by atoms with Crippen molar-refractivity contribution in [3.63, 3.8) is 0 Å². The Hall–Kier alpha value is -1.62. The van der Waals surface area contributed by atoms with Crippen LogP contribution in [0.15, 0.2) is 24.8 Å². The van der Waals surface area contributed by atoms with E-state index in [0.29, 0.717) is 0 Å². The molecule has 2 aromatic rings. The SMILES string of the molecule is Cc1cnn(CCNCc2cnn(C(C)(C)C)c2)c1. The zero-order chi connectivity index (χ0) is 13.9. The molecule has 2 rings (SSSR count). The highest BCUT2D eigenvalue weighted by Gasteiger charge is 2.13. The molecule has 0 saturated carbocycles. The van der Waals surface area contributed by atoms with Crippen molar-refractivity contribution in [1.29, 1.82) is 0 Å². The molecule has 1 N–H and O–H groups in total. The first-order valence-corrected chi connectivity index (χ1v) is 6.69. The number of aromatic nitrogens is 4. The van der Waals surface area contributed by atoms with Crippen LogP contribution >= 0.6 is 0 Å². The molecule has 5 nitrogen and oxygen atoms in total. The van der Waals surface area contributed by atoms with Crippen LogP contribution in [-0.4, -0.2) is 26.1 Å². The molecule has 2 heterocycles. The normalized spacial score (nSPS) is 12.0. The third-order valence-electron chi connectivity index (χ3n) is 2.93. The van der Waals surface area contributed by atoms with E-state index in [9.17, 15) is 0 Å². The molecule has 0 aromatic carbocycles. The van der Waals surface area contributed by atoms with Gasteiger partial charge in [-0.2, -0.15) is 10.2 Å². The summed E-state index contributed by atoms with van der Waals surface area (Å²) in [6, 6.07) is 0. The molecule has 0 aliphatic rings. The molecule has 0 radical (unpaired) electrons. The summed E-state index contributed by atoms with van der Waals surface area (Å²) in [6.07, 6.45) is 7.97. The van der Waals surface area contributed by atoms with Crippen LogP contribution in [0.1, 0.15) is 31.9 Å². The molecule has 0 amide bonds. The minimum Gasteiger partial charge on any atom is -0.311 e. The van der Waals surface area contributed by atoms with Gasteiger partial charge < -0.3 is 5.32 Å². The van der Waals surface area contributed by atoms with E-state index >= 15 is 0 Å². The first-order chi connectivity index (χ1) is 8.95. The molecule has 0 aliphatic heterocycles. The Morgan fingerprint density at radius 2 is 1.95 bits per heavy atom. The second kappa shape index (κ2) is 5.57. The first kappa shape index (κ1) is 13.8. The van der Waals surface area contributed by atoms with Gasteiger partial charge in [-0.15, -0.1) is 0 Å². The van der Waals surface area contributed by atoms with Crippen LogP contribution in [0.4, 0.5) is 0 Å². The predicted octanol–water partition coefficient (Wildman–Crippen LogP) is 1.93. The van der Waals surface area contributed by atoms with E-state index in [0.717, 1.165) is 19.6 Å². The van der Waals surface area contributed by atoms with Gasteiger partial charge in [0.15, 0.2) is 0 Å². The molecule has 0 saturated heterocycles. The van der Waals surface area contributed by atoms with Gasteiger partial charge in [0.1, 0.15) is 0 Å². The van der Waals surface area contributed by atoms with Crippen LogP contribution in [0, 0.1) is 6.92 Å². The number of nitrogens with one attached hydrogen (secondary N) is 1. The van der Waals surface area contributed by atoms with E-state index in [1.165, 1.54) is 11.1 Å². The van der Waals surface area contributed by atoms with Gasteiger partial charge in [-0.25, -0.2) is 0 Å². The molecular weight excluding hydrogens is 238 g/mol. The average Bonchev–Trinajstić information content (AvgIpc) is 2.93. The smallest absolute Gasteiger partial charge is 0.0543 e. The Morgan fingerprint density at radius 1 is 1.16 bits per heavy atom. The molecule has 19 heavy (non-hydrogen) atoms. The van der Waals surface area contributed by atoms with Crippen molar-refractivity contribution in [2.24, 2.45) is 0 Å². The van der Waals surface area contributed by atoms with Crippen molar-refractivity contribution in [1.82, 2.24) is 24.9 Å². The quantitative estimate of drug-likeness (QED) is 0.837. The van der Waals surface area contributed by atoms with E-state index in [1.807, 2.05) is 21.8 Å². The summed E-state index contributed by atoms with van der Waals surface area (Å²) < 4.78 is 3.96. The highest BCUT2D eigenvalue weighted by Crippen LogP contribution is 2.12. The van der Waals surface area contributed by atoms with Crippen LogP contribution in [0.2, 0.25) is 0 Å². The van der Waals surface area contributed by atoms with E-state index in [2.05, 4.69) is 55.6 Å². The van der Waals surface area contributed by atoms with Crippen molar-refractivity contribution in [2.75, 3.05) is 6.54 Å². The lowest BCUT2D eigenvalue weighted by Crippen LogP contribution is -2.22. The van der Waals surface area contributed by atoms with Gasteiger partial charge in [-0.1, -0.05) is 0 Å². The highest BCUT2D eigenvalue weighted by molar-refractivity contribution is 5.04. The summed E-state index contributed by atoms with van der Waals surface area (Å²) >= 11 is 0. The van der Waals surface area contributed by atoms with Gasteiger partial charge in [-0.3, -0.25) is 9.36 Å². The topological polar surface area (TPSA) is 47.7 Å². The summed E-state index contributed by atoms with van der Waals surface area (Å²) in [5.41, 5.74) is 2.46. The van der Waals surface area contributed by atoms with E-state index < -0.39 is 0 Å². The summed E-state index contributed by atoms with van der Waals surface area (Å²) in [6.45, 7) is 11.1. The summed E-state index contributed by atoms with van der Waals surface area (Å²) in [5.74, 6) is 0. The zero-order valence-corrected chi connectivity index (χ0v) is 12.2. The fourth-order valence-corrected chi connectivity index (χ4v) is 1.83. The lowest BCUT2D eigenvalue weighted by atomic mass is 10.1. The number of nitrogens with zero attached hydrogens (tertiary/aromatic N) is 4. The second-order valence-corrected chi connectivity index (χ2v) is 5.92. The lowest BCUT2D eigenvalue weighted by Gasteiger charge is -2.18. The van der Waals surface area contributed by atoms with Gasteiger partial charge in [0, 0.05) is 31.0 Å². The number of hydrogen-bond donors (Lipinski definition) is 1. The summed E-state index contributed by atoms with van der Waals surface area (Å²) in [5, 5.41) is 12.1. The fourth-order valence-electron chi connectivity index (χ4n) is 1.83. The Morgan fingerprint density at radius 3 is 2.53 bits per heavy atom. The second-order valence-electron chi connectivity index (χ2n) is 5.92. The van der Waals surface area contributed by atoms with Gasteiger partial charge in [-0.05, 0) is 33.3 Å². The maximum absolute atomic E-state index is 4.39. The lowest BCUT2D eigenvalue weighted by molar-refractivity contribution is 0.355. The van der Waals surface area contributed by atoms with Crippen molar-refractivity contribution in [3.05, 3.63) is 35.9 Å². The Labute approximate surface area is 114 Å². The molecule has 0 spiro atoms. The van der Waals surface area contributed by atoms with Crippen molar-refractivity contribution < 1.29 is 0 Å². The Kier molecular flexibility index (Phi) is 4.04. The molecule has 0 bridgehead atoms. The van der Waals surface area contributed by atoms with Crippen molar-refractivity contribution in [3.8, 4) is 0 Å². The predicted molar refractivity (Wildman–Crippen MR) is 75.9 cm³/mol. The first-order valence-electron chi connectivity index (χ1n) is 6.69. The molecule has 0 atom stereocenters.